The lowest BCUT2D eigenvalue weighted by molar-refractivity contribution is -0.143. The van der Waals surface area contributed by atoms with Crippen LogP contribution in [-0.2, 0) is 16.1 Å². The minimum absolute atomic E-state index is 0.166. The number of carbonyl (C=O) groups excluding carboxylic acids is 1. The van der Waals surface area contributed by atoms with E-state index in [0.717, 1.165) is 16.9 Å². The summed E-state index contributed by atoms with van der Waals surface area (Å²) in [5, 5.41) is 1.17. The Morgan fingerprint density at radius 3 is 2.85 bits per heavy atom. The molecular formula is C20H20Cl2O4. The van der Waals surface area contributed by atoms with E-state index >= 15 is 0 Å². The van der Waals surface area contributed by atoms with E-state index in [2.05, 4.69) is 0 Å². The molecule has 3 rings (SSSR count). The number of ether oxygens (including phenoxy) is 3. The quantitative estimate of drug-likeness (QED) is 0.590. The molecule has 4 nitrogen and oxygen atoms in total. The molecule has 0 bridgehead atoms. The Morgan fingerprint density at radius 1 is 1.23 bits per heavy atom. The minimum atomic E-state index is -0.166. The fourth-order valence-corrected chi connectivity index (χ4v) is 3.37. The van der Waals surface area contributed by atoms with E-state index in [1.807, 2.05) is 31.2 Å². The molecular weight excluding hydrogens is 375 g/mol. The second kappa shape index (κ2) is 8.65. The zero-order valence-electron chi connectivity index (χ0n) is 14.5. The first-order valence-electron chi connectivity index (χ1n) is 8.56. The Balaban J connectivity index is 1.60. The summed E-state index contributed by atoms with van der Waals surface area (Å²) < 4.78 is 16.6. The molecule has 1 aliphatic rings. The average molecular weight is 395 g/mol. The molecule has 0 spiro atoms. The summed E-state index contributed by atoms with van der Waals surface area (Å²) in [5.74, 6) is 1.55. The molecule has 6 heteroatoms. The van der Waals surface area contributed by atoms with E-state index in [4.69, 9.17) is 37.4 Å². The highest BCUT2D eigenvalue weighted by molar-refractivity contribution is 6.35. The molecule has 26 heavy (non-hydrogen) atoms. The number of benzene rings is 2. The summed E-state index contributed by atoms with van der Waals surface area (Å²) in [6.07, 6.45) is 1.11. The van der Waals surface area contributed by atoms with Crippen LogP contribution < -0.4 is 9.47 Å². The monoisotopic (exact) mass is 394 g/mol. The molecule has 0 N–H and O–H groups in total. The zero-order valence-corrected chi connectivity index (χ0v) is 16.0. The number of carbonyl (C=O) groups is 1. The van der Waals surface area contributed by atoms with E-state index in [1.54, 1.807) is 12.1 Å². The Kier molecular flexibility index (Phi) is 6.28. The van der Waals surface area contributed by atoms with Crippen LogP contribution in [0.15, 0.2) is 36.4 Å². The molecule has 1 atom stereocenters. The van der Waals surface area contributed by atoms with Gasteiger partial charge < -0.3 is 14.2 Å². The number of hydrogen-bond donors (Lipinski definition) is 0. The Hall–Kier alpha value is -1.91. The van der Waals surface area contributed by atoms with E-state index in [0.29, 0.717) is 48.5 Å². The van der Waals surface area contributed by atoms with E-state index < -0.39 is 0 Å². The smallest absolute Gasteiger partial charge is 0.305 e. The van der Waals surface area contributed by atoms with Crippen molar-refractivity contribution >= 4 is 29.2 Å². The van der Waals surface area contributed by atoms with Crippen molar-refractivity contribution < 1.29 is 19.0 Å². The van der Waals surface area contributed by atoms with Crippen LogP contribution in [0.25, 0.3) is 0 Å². The number of fused-ring (bicyclic) bond motifs is 1. The fourth-order valence-electron chi connectivity index (χ4n) is 2.91. The highest BCUT2D eigenvalue weighted by Crippen LogP contribution is 2.39. The largest absolute Gasteiger partial charge is 0.493 e. The predicted octanol–water partition coefficient (Wildman–Crippen LogP) is 5.39. The van der Waals surface area contributed by atoms with Crippen LogP contribution in [0.4, 0.5) is 0 Å². The molecule has 2 aromatic rings. The van der Waals surface area contributed by atoms with Gasteiger partial charge in [-0.2, -0.15) is 0 Å². The maximum atomic E-state index is 11.5. The maximum Gasteiger partial charge on any atom is 0.305 e. The average Bonchev–Trinajstić information content (AvgIpc) is 3.02. The third kappa shape index (κ3) is 4.63. The molecule has 0 saturated carbocycles. The van der Waals surface area contributed by atoms with Crippen molar-refractivity contribution in [2.24, 2.45) is 0 Å². The van der Waals surface area contributed by atoms with Crippen LogP contribution in [0.2, 0.25) is 10.0 Å². The van der Waals surface area contributed by atoms with Gasteiger partial charge in [-0.05, 0) is 31.5 Å². The van der Waals surface area contributed by atoms with Crippen LogP contribution in [0.1, 0.15) is 36.8 Å². The normalized spacial score (nSPS) is 15.3. The molecule has 0 fully saturated rings. The summed E-state index contributed by atoms with van der Waals surface area (Å²) in [6.45, 7) is 3.14. The van der Waals surface area contributed by atoms with Crippen LogP contribution in [0, 0.1) is 0 Å². The fraction of sp³-hybridized carbons (Fsp3) is 0.350. The summed E-state index contributed by atoms with van der Waals surface area (Å²) in [6, 6.07) is 11.1. The van der Waals surface area contributed by atoms with Gasteiger partial charge in [0.25, 0.3) is 0 Å². The Morgan fingerprint density at radius 2 is 2.08 bits per heavy atom. The van der Waals surface area contributed by atoms with Gasteiger partial charge in [0.2, 0.25) is 0 Å². The Bertz CT molecular complexity index is 791. The van der Waals surface area contributed by atoms with E-state index in [9.17, 15) is 4.79 Å². The molecule has 2 aromatic carbocycles. The molecule has 1 unspecified atom stereocenters. The van der Waals surface area contributed by atoms with Gasteiger partial charge in [0.05, 0.1) is 13.2 Å². The van der Waals surface area contributed by atoms with Gasteiger partial charge in [-0.3, -0.25) is 4.79 Å². The van der Waals surface area contributed by atoms with Gasteiger partial charge in [-0.1, -0.05) is 35.3 Å². The molecule has 138 valence electrons. The lowest BCUT2D eigenvalue weighted by Gasteiger charge is -2.10. The number of esters is 1. The van der Waals surface area contributed by atoms with Gasteiger partial charge in [-0.15, -0.1) is 0 Å². The third-order valence-corrected chi connectivity index (χ3v) is 4.86. The lowest BCUT2D eigenvalue weighted by Crippen LogP contribution is -2.08. The van der Waals surface area contributed by atoms with Crippen molar-refractivity contribution in [1.29, 1.82) is 0 Å². The topological polar surface area (TPSA) is 44.8 Å². The van der Waals surface area contributed by atoms with Crippen molar-refractivity contribution in [3.05, 3.63) is 57.6 Å². The molecule has 1 aliphatic heterocycles. The van der Waals surface area contributed by atoms with Gasteiger partial charge in [0.15, 0.2) is 0 Å². The van der Waals surface area contributed by atoms with Crippen LogP contribution in [-0.4, -0.2) is 19.2 Å². The van der Waals surface area contributed by atoms with Crippen molar-refractivity contribution in [1.82, 2.24) is 0 Å². The summed E-state index contributed by atoms with van der Waals surface area (Å²) in [4.78, 5) is 11.5. The second-order valence-corrected chi connectivity index (χ2v) is 6.92. The summed E-state index contributed by atoms with van der Waals surface area (Å²) >= 11 is 12.1. The standard InChI is InChI=1S/C20H20Cl2O4/c1-2-24-20(23)8-4-13-11-26-19-10-16(6-7-17(13)19)25-12-14-3-5-15(21)9-18(14)22/h3,5-7,9-10,13H,2,4,8,11-12H2,1H3. The summed E-state index contributed by atoms with van der Waals surface area (Å²) in [7, 11) is 0. The van der Waals surface area contributed by atoms with Crippen LogP contribution >= 0.6 is 23.2 Å². The molecule has 0 aliphatic carbocycles. The predicted molar refractivity (Wildman–Crippen MR) is 101 cm³/mol. The SMILES string of the molecule is CCOC(=O)CCC1COc2cc(OCc3ccc(Cl)cc3Cl)ccc21. The third-order valence-electron chi connectivity index (χ3n) is 4.28. The lowest BCUT2D eigenvalue weighted by atomic mass is 9.96. The number of rotatable bonds is 7. The van der Waals surface area contributed by atoms with Crippen molar-refractivity contribution in [3.63, 3.8) is 0 Å². The van der Waals surface area contributed by atoms with E-state index in [-0.39, 0.29) is 11.9 Å². The number of halogens is 2. The molecule has 1 heterocycles. The molecule has 0 saturated heterocycles. The van der Waals surface area contributed by atoms with Gasteiger partial charge in [-0.25, -0.2) is 0 Å². The zero-order chi connectivity index (χ0) is 18.5. The molecule has 0 aromatic heterocycles. The molecule has 0 radical (unpaired) electrons. The van der Waals surface area contributed by atoms with E-state index in [1.165, 1.54) is 0 Å². The van der Waals surface area contributed by atoms with Crippen molar-refractivity contribution in [2.45, 2.75) is 32.3 Å². The summed E-state index contributed by atoms with van der Waals surface area (Å²) in [5.41, 5.74) is 1.97. The van der Waals surface area contributed by atoms with Crippen molar-refractivity contribution in [3.8, 4) is 11.5 Å². The highest BCUT2D eigenvalue weighted by atomic mass is 35.5. The highest BCUT2D eigenvalue weighted by Gasteiger charge is 2.25. The van der Waals surface area contributed by atoms with Crippen molar-refractivity contribution in [2.75, 3.05) is 13.2 Å². The Labute approximate surface area is 163 Å². The number of hydrogen-bond acceptors (Lipinski definition) is 4. The first kappa shape index (κ1) is 18.9. The van der Waals surface area contributed by atoms with Crippen LogP contribution in [0.3, 0.4) is 0 Å². The molecule has 0 amide bonds. The van der Waals surface area contributed by atoms with Gasteiger partial charge in [0, 0.05) is 39.6 Å². The first-order valence-corrected chi connectivity index (χ1v) is 9.31. The first-order chi connectivity index (χ1) is 12.6. The second-order valence-electron chi connectivity index (χ2n) is 6.08. The van der Waals surface area contributed by atoms with Gasteiger partial charge >= 0.3 is 5.97 Å². The minimum Gasteiger partial charge on any atom is -0.493 e. The van der Waals surface area contributed by atoms with Gasteiger partial charge in [0.1, 0.15) is 18.1 Å². The van der Waals surface area contributed by atoms with Crippen LogP contribution in [0.5, 0.6) is 11.5 Å². The maximum absolute atomic E-state index is 11.5.